The van der Waals surface area contributed by atoms with Crippen molar-refractivity contribution in [2.45, 2.75) is 45.1 Å². The van der Waals surface area contributed by atoms with Gasteiger partial charge in [0.1, 0.15) is 6.04 Å². The molecule has 2 aliphatic heterocycles. The Morgan fingerprint density at radius 2 is 1.96 bits per heavy atom. The molecular weight excluding hydrogens is 304 g/mol. The first-order valence-corrected chi connectivity index (χ1v) is 8.68. The Balaban J connectivity index is 1.69. The zero-order chi connectivity index (χ0) is 16.9. The first-order valence-electron chi connectivity index (χ1n) is 8.68. The number of anilines is 1. The van der Waals surface area contributed by atoms with Gasteiger partial charge in [0.25, 0.3) is 0 Å². The first kappa shape index (κ1) is 16.5. The van der Waals surface area contributed by atoms with Gasteiger partial charge in [0.15, 0.2) is 0 Å². The molecule has 6 nitrogen and oxygen atoms in total. The number of aryl methyl sites for hydroxylation is 1. The van der Waals surface area contributed by atoms with E-state index in [1.165, 1.54) is 12.0 Å². The average Bonchev–Trinajstić information content (AvgIpc) is 2.62. The van der Waals surface area contributed by atoms with Crippen LogP contribution >= 0.6 is 0 Å². The molecule has 2 N–H and O–H groups in total. The van der Waals surface area contributed by atoms with Crippen LogP contribution in [0.25, 0.3) is 0 Å². The summed E-state index contributed by atoms with van der Waals surface area (Å²) in [6, 6.07) is 7.09. The summed E-state index contributed by atoms with van der Waals surface area (Å²) in [4.78, 5) is 31.0. The second kappa shape index (κ2) is 7.47. The number of benzene rings is 1. The Bertz CT molecular complexity index is 633. The van der Waals surface area contributed by atoms with Crippen molar-refractivity contribution < 1.29 is 9.59 Å². The van der Waals surface area contributed by atoms with Crippen LogP contribution in [0.3, 0.4) is 0 Å². The lowest BCUT2D eigenvalue weighted by molar-refractivity contribution is -0.125. The molecule has 0 unspecified atom stereocenters. The molecule has 1 aromatic carbocycles. The van der Waals surface area contributed by atoms with Crippen molar-refractivity contribution in [1.82, 2.24) is 10.2 Å². The maximum Gasteiger partial charge on any atom is 0.249 e. The van der Waals surface area contributed by atoms with Crippen LogP contribution in [-0.2, 0) is 16.0 Å². The Hall–Kier alpha value is -2.37. The summed E-state index contributed by atoms with van der Waals surface area (Å²) in [6.07, 6.45) is 4.44. The van der Waals surface area contributed by atoms with E-state index >= 15 is 0 Å². The fraction of sp³-hybridized carbons (Fsp3) is 0.500. The standard InChI is InChI=1S/C18H24N4O2/c1-2-13-6-8-14(9-7-13)19-17(24)15-12-16(23)21-18(20-15)22-10-4-3-5-11-22/h6-9,15H,2-5,10-12H2,1H3,(H,19,24)(H,20,21,23)/t15-/m0/s1. The van der Waals surface area contributed by atoms with Gasteiger partial charge < -0.3 is 10.2 Å². The fourth-order valence-corrected chi connectivity index (χ4v) is 3.04. The molecule has 0 spiro atoms. The number of rotatable bonds is 3. The van der Waals surface area contributed by atoms with E-state index in [-0.39, 0.29) is 18.2 Å². The van der Waals surface area contributed by atoms with Crippen LogP contribution in [0.1, 0.15) is 38.2 Å². The highest BCUT2D eigenvalue weighted by atomic mass is 16.2. The normalized spacial score (nSPS) is 21.0. The highest BCUT2D eigenvalue weighted by molar-refractivity contribution is 6.05. The number of carbonyl (C=O) groups is 2. The average molecular weight is 328 g/mol. The van der Waals surface area contributed by atoms with Crippen molar-refractivity contribution in [2.75, 3.05) is 18.4 Å². The van der Waals surface area contributed by atoms with Gasteiger partial charge in [-0.15, -0.1) is 0 Å². The third kappa shape index (κ3) is 3.93. The number of aliphatic imine (C=N–C) groups is 1. The summed E-state index contributed by atoms with van der Waals surface area (Å²) in [5, 5.41) is 5.67. The Morgan fingerprint density at radius 1 is 1.25 bits per heavy atom. The van der Waals surface area contributed by atoms with Crippen LogP contribution < -0.4 is 10.6 Å². The largest absolute Gasteiger partial charge is 0.343 e. The van der Waals surface area contributed by atoms with Gasteiger partial charge in [0.2, 0.25) is 17.8 Å². The summed E-state index contributed by atoms with van der Waals surface area (Å²) in [7, 11) is 0. The number of amides is 2. The van der Waals surface area contributed by atoms with Gasteiger partial charge in [0.05, 0.1) is 6.42 Å². The van der Waals surface area contributed by atoms with E-state index in [9.17, 15) is 9.59 Å². The summed E-state index contributed by atoms with van der Waals surface area (Å²) in [5.74, 6) is 0.170. The first-order chi connectivity index (χ1) is 11.7. The lowest BCUT2D eigenvalue weighted by atomic mass is 10.1. The third-order valence-electron chi connectivity index (χ3n) is 4.50. The molecule has 128 valence electrons. The maximum atomic E-state index is 12.5. The molecule has 0 saturated carbocycles. The van der Waals surface area contributed by atoms with Crippen LogP contribution in [-0.4, -0.2) is 41.8 Å². The van der Waals surface area contributed by atoms with Gasteiger partial charge in [-0.1, -0.05) is 19.1 Å². The molecule has 2 aliphatic rings. The van der Waals surface area contributed by atoms with Gasteiger partial charge in [-0.2, -0.15) is 0 Å². The minimum Gasteiger partial charge on any atom is -0.343 e. The molecule has 1 fully saturated rings. The van der Waals surface area contributed by atoms with Crippen molar-refractivity contribution in [1.29, 1.82) is 0 Å². The summed E-state index contributed by atoms with van der Waals surface area (Å²) in [6.45, 7) is 3.85. The molecule has 3 rings (SSSR count). The van der Waals surface area contributed by atoms with E-state index < -0.39 is 6.04 Å². The molecule has 2 amide bonds. The predicted octanol–water partition coefficient (Wildman–Crippen LogP) is 1.92. The lowest BCUT2D eigenvalue weighted by Gasteiger charge is -2.32. The van der Waals surface area contributed by atoms with Crippen molar-refractivity contribution >= 4 is 23.5 Å². The zero-order valence-corrected chi connectivity index (χ0v) is 14.0. The van der Waals surface area contributed by atoms with Crippen molar-refractivity contribution in [2.24, 2.45) is 4.99 Å². The van der Waals surface area contributed by atoms with E-state index in [1.54, 1.807) is 0 Å². The quantitative estimate of drug-likeness (QED) is 0.890. The minimum absolute atomic E-state index is 0.0935. The van der Waals surface area contributed by atoms with Crippen LogP contribution in [0.5, 0.6) is 0 Å². The second-order valence-electron chi connectivity index (χ2n) is 6.31. The Kier molecular flexibility index (Phi) is 5.13. The minimum atomic E-state index is -0.665. The van der Waals surface area contributed by atoms with E-state index in [2.05, 4.69) is 27.4 Å². The van der Waals surface area contributed by atoms with Gasteiger partial charge >= 0.3 is 0 Å². The van der Waals surface area contributed by atoms with E-state index in [4.69, 9.17) is 0 Å². The van der Waals surface area contributed by atoms with Crippen molar-refractivity contribution in [3.05, 3.63) is 29.8 Å². The zero-order valence-electron chi connectivity index (χ0n) is 14.0. The van der Waals surface area contributed by atoms with Gasteiger partial charge in [0, 0.05) is 18.8 Å². The number of nitrogens with zero attached hydrogens (tertiary/aromatic N) is 2. The highest BCUT2D eigenvalue weighted by Gasteiger charge is 2.29. The topological polar surface area (TPSA) is 73.8 Å². The van der Waals surface area contributed by atoms with Crippen LogP contribution in [0.15, 0.2) is 29.3 Å². The summed E-state index contributed by atoms with van der Waals surface area (Å²) >= 11 is 0. The highest BCUT2D eigenvalue weighted by Crippen LogP contribution is 2.15. The summed E-state index contributed by atoms with van der Waals surface area (Å²) < 4.78 is 0. The van der Waals surface area contributed by atoms with E-state index in [0.717, 1.165) is 38.0 Å². The molecule has 2 heterocycles. The van der Waals surface area contributed by atoms with Crippen molar-refractivity contribution in [3.8, 4) is 0 Å². The molecule has 0 aromatic heterocycles. The number of hydrogen-bond donors (Lipinski definition) is 2. The Morgan fingerprint density at radius 3 is 2.62 bits per heavy atom. The van der Waals surface area contributed by atoms with Gasteiger partial charge in [-0.3, -0.25) is 14.9 Å². The number of hydrogen-bond acceptors (Lipinski definition) is 4. The fourth-order valence-electron chi connectivity index (χ4n) is 3.04. The number of nitrogens with one attached hydrogen (secondary N) is 2. The number of piperidine rings is 1. The summed E-state index contributed by atoms with van der Waals surface area (Å²) in [5.41, 5.74) is 1.95. The van der Waals surface area contributed by atoms with E-state index in [0.29, 0.717) is 5.96 Å². The monoisotopic (exact) mass is 328 g/mol. The second-order valence-corrected chi connectivity index (χ2v) is 6.31. The maximum absolute atomic E-state index is 12.5. The molecule has 24 heavy (non-hydrogen) atoms. The molecule has 1 aromatic rings. The molecule has 0 radical (unpaired) electrons. The molecular formula is C18H24N4O2. The van der Waals surface area contributed by atoms with Crippen LogP contribution in [0.2, 0.25) is 0 Å². The molecule has 0 aliphatic carbocycles. The van der Waals surface area contributed by atoms with Crippen LogP contribution in [0, 0.1) is 0 Å². The van der Waals surface area contributed by atoms with Crippen LogP contribution in [0.4, 0.5) is 5.69 Å². The number of guanidine groups is 1. The molecule has 0 bridgehead atoms. The van der Waals surface area contributed by atoms with Gasteiger partial charge in [-0.25, -0.2) is 4.99 Å². The number of carbonyl (C=O) groups excluding carboxylic acids is 2. The molecule has 1 saturated heterocycles. The van der Waals surface area contributed by atoms with Gasteiger partial charge in [-0.05, 0) is 43.4 Å². The van der Waals surface area contributed by atoms with E-state index in [1.807, 2.05) is 24.3 Å². The number of likely N-dealkylation sites (tertiary alicyclic amines) is 1. The third-order valence-corrected chi connectivity index (χ3v) is 4.50. The Labute approximate surface area is 142 Å². The smallest absolute Gasteiger partial charge is 0.249 e. The predicted molar refractivity (Wildman–Crippen MR) is 93.9 cm³/mol. The lowest BCUT2D eigenvalue weighted by Crippen LogP contribution is -2.51. The SMILES string of the molecule is CCc1ccc(NC(=O)[C@@H]2CC(=O)NC(N3CCCCC3)=N2)cc1. The molecule has 6 heteroatoms. The molecule has 1 atom stereocenters. The van der Waals surface area contributed by atoms with Crippen molar-refractivity contribution in [3.63, 3.8) is 0 Å².